The lowest BCUT2D eigenvalue weighted by Crippen LogP contribution is -2.07. The fraction of sp³-hybridized carbons (Fsp3) is 0.833. The third-order valence-electron chi connectivity index (χ3n) is 1.30. The quantitative estimate of drug-likeness (QED) is 0.434. The number of hydrogen-bond donors (Lipinski definition) is 0. The van der Waals surface area contributed by atoms with Crippen molar-refractivity contribution in [2.24, 2.45) is 5.92 Å². The molecule has 0 aromatic rings. The number of ether oxygens (including phenoxy) is 1. The van der Waals surface area contributed by atoms with Gasteiger partial charge in [0, 0.05) is 5.38 Å². The highest BCUT2D eigenvalue weighted by Gasteiger charge is 2.42. The van der Waals surface area contributed by atoms with Crippen LogP contribution in [0.2, 0.25) is 0 Å². The lowest BCUT2D eigenvalue weighted by atomic mass is 10.4. The van der Waals surface area contributed by atoms with Gasteiger partial charge in [-0.2, -0.15) is 0 Å². The molecular formula is C6H9ClO2. The fourth-order valence-corrected chi connectivity index (χ4v) is 0.952. The summed E-state index contributed by atoms with van der Waals surface area (Å²) in [6.07, 6.45) is 0.792. The van der Waals surface area contributed by atoms with E-state index in [0.29, 0.717) is 6.61 Å². The highest BCUT2D eigenvalue weighted by Crippen LogP contribution is 2.36. The largest absolute Gasteiger partial charge is 0.466 e. The van der Waals surface area contributed by atoms with Crippen LogP contribution in [0.1, 0.15) is 13.3 Å². The van der Waals surface area contributed by atoms with Gasteiger partial charge in [0.15, 0.2) is 0 Å². The third kappa shape index (κ3) is 1.58. The molecule has 0 saturated heterocycles. The van der Waals surface area contributed by atoms with Gasteiger partial charge >= 0.3 is 5.97 Å². The minimum Gasteiger partial charge on any atom is -0.466 e. The van der Waals surface area contributed by atoms with Crippen LogP contribution in [0.5, 0.6) is 0 Å². The number of hydrogen-bond acceptors (Lipinski definition) is 2. The van der Waals surface area contributed by atoms with Crippen LogP contribution in [0.15, 0.2) is 0 Å². The van der Waals surface area contributed by atoms with Crippen molar-refractivity contribution in [1.82, 2.24) is 0 Å². The van der Waals surface area contributed by atoms with Crippen LogP contribution in [-0.2, 0) is 9.53 Å². The van der Waals surface area contributed by atoms with Crippen molar-refractivity contribution in [3.8, 4) is 0 Å². The van der Waals surface area contributed by atoms with Crippen molar-refractivity contribution < 1.29 is 9.53 Å². The molecular weight excluding hydrogens is 140 g/mol. The van der Waals surface area contributed by atoms with E-state index in [9.17, 15) is 4.79 Å². The first-order valence-electron chi connectivity index (χ1n) is 3.06. The molecule has 2 atom stereocenters. The van der Waals surface area contributed by atoms with E-state index in [4.69, 9.17) is 16.3 Å². The minimum absolute atomic E-state index is 0.00776. The number of carbonyl (C=O) groups is 1. The molecule has 1 rings (SSSR count). The number of esters is 1. The number of halogens is 1. The number of alkyl halides is 1. The maximum Gasteiger partial charge on any atom is 0.310 e. The van der Waals surface area contributed by atoms with E-state index in [2.05, 4.69) is 0 Å². The van der Waals surface area contributed by atoms with E-state index >= 15 is 0 Å². The molecule has 0 N–H and O–H groups in total. The molecule has 1 aliphatic carbocycles. The summed E-state index contributed by atoms with van der Waals surface area (Å²) < 4.78 is 4.71. The highest BCUT2D eigenvalue weighted by molar-refractivity contribution is 6.24. The molecule has 0 heterocycles. The molecule has 0 aromatic carbocycles. The summed E-state index contributed by atoms with van der Waals surface area (Å²) in [5.74, 6) is -0.149. The molecule has 0 unspecified atom stereocenters. The van der Waals surface area contributed by atoms with Gasteiger partial charge in [-0.25, -0.2) is 0 Å². The van der Waals surface area contributed by atoms with E-state index in [0.717, 1.165) is 6.42 Å². The Kier molecular flexibility index (Phi) is 1.96. The van der Waals surface area contributed by atoms with Crippen molar-refractivity contribution in [3.05, 3.63) is 0 Å². The third-order valence-corrected chi connectivity index (χ3v) is 1.78. The molecule has 0 bridgehead atoms. The van der Waals surface area contributed by atoms with E-state index in [1.54, 1.807) is 6.92 Å². The Labute approximate surface area is 59.1 Å². The Morgan fingerprint density at radius 1 is 1.89 bits per heavy atom. The average Bonchev–Trinajstić information content (AvgIpc) is 2.47. The fourth-order valence-electron chi connectivity index (χ4n) is 0.657. The Balaban J connectivity index is 2.20. The summed E-state index contributed by atoms with van der Waals surface area (Å²) in [6.45, 7) is 2.25. The van der Waals surface area contributed by atoms with Gasteiger partial charge in [0.2, 0.25) is 0 Å². The molecule has 0 spiro atoms. The van der Waals surface area contributed by atoms with E-state index < -0.39 is 0 Å². The van der Waals surface area contributed by atoms with Crippen LogP contribution in [0, 0.1) is 5.92 Å². The predicted molar refractivity (Wildman–Crippen MR) is 34.4 cm³/mol. The summed E-state index contributed by atoms with van der Waals surface area (Å²) in [6, 6.07) is 0. The van der Waals surface area contributed by atoms with Crippen molar-refractivity contribution in [2.75, 3.05) is 6.61 Å². The monoisotopic (exact) mass is 148 g/mol. The summed E-state index contributed by atoms with van der Waals surface area (Å²) in [5, 5.41) is 0.0454. The van der Waals surface area contributed by atoms with Gasteiger partial charge in [-0.05, 0) is 13.3 Å². The summed E-state index contributed by atoms with van der Waals surface area (Å²) in [4.78, 5) is 10.7. The first kappa shape index (κ1) is 6.87. The first-order chi connectivity index (χ1) is 4.25. The standard InChI is InChI=1S/C6H9ClO2/c1-2-9-6(8)4-3-5(4)7/h4-5H,2-3H2,1H3/t4-,5+/m1/s1. The Hall–Kier alpha value is -0.240. The summed E-state index contributed by atoms with van der Waals surface area (Å²) in [5.41, 5.74) is 0. The second kappa shape index (κ2) is 2.56. The second-order valence-electron chi connectivity index (χ2n) is 2.11. The predicted octanol–water partition coefficient (Wildman–Crippen LogP) is 1.18. The molecule has 0 amide bonds. The van der Waals surface area contributed by atoms with Gasteiger partial charge in [0.05, 0.1) is 12.5 Å². The van der Waals surface area contributed by atoms with Crippen molar-refractivity contribution in [1.29, 1.82) is 0 Å². The van der Waals surface area contributed by atoms with Crippen LogP contribution in [0.4, 0.5) is 0 Å². The Bertz CT molecular complexity index is 124. The zero-order chi connectivity index (χ0) is 6.85. The van der Waals surface area contributed by atoms with Gasteiger partial charge in [-0.3, -0.25) is 4.79 Å². The van der Waals surface area contributed by atoms with Crippen LogP contribution in [0.25, 0.3) is 0 Å². The Morgan fingerprint density at radius 3 is 2.78 bits per heavy atom. The van der Waals surface area contributed by atoms with Gasteiger partial charge in [0.1, 0.15) is 0 Å². The zero-order valence-electron chi connectivity index (χ0n) is 5.26. The van der Waals surface area contributed by atoms with Gasteiger partial charge < -0.3 is 4.74 Å². The van der Waals surface area contributed by atoms with E-state index in [-0.39, 0.29) is 17.3 Å². The van der Waals surface area contributed by atoms with Crippen molar-refractivity contribution in [3.63, 3.8) is 0 Å². The SMILES string of the molecule is CCOC(=O)[C@@H]1C[C@@H]1Cl. The van der Waals surface area contributed by atoms with Crippen molar-refractivity contribution in [2.45, 2.75) is 18.7 Å². The maximum absolute atomic E-state index is 10.7. The number of rotatable bonds is 2. The minimum atomic E-state index is -0.141. The second-order valence-corrected chi connectivity index (χ2v) is 2.67. The van der Waals surface area contributed by atoms with Crippen molar-refractivity contribution >= 4 is 17.6 Å². The molecule has 9 heavy (non-hydrogen) atoms. The van der Waals surface area contributed by atoms with Gasteiger partial charge in [0.25, 0.3) is 0 Å². The molecule has 0 radical (unpaired) electrons. The topological polar surface area (TPSA) is 26.3 Å². The lowest BCUT2D eigenvalue weighted by molar-refractivity contribution is -0.144. The molecule has 52 valence electrons. The first-order valence-corrected chi connectivity index (χ1v) is 3.50. The maximum atomic E-state index is 10.7. The van der Waals surface area contributed by atoms with Gasteiger partial charge in [-0.1, -0.05) is 0 Å². The molecule has 0 aliphatic heterocycles. The smallest absolute Gasteiger partial charge is 0.310 e. The number of carbonyl (C=O) groups excluding carboxylic acids is 1. The zero-order valence-corrected chi connectivity index (χ0v) is 6.02. The molecule has 2 nitrogen and oxygen atoms in total. The van der Waals surface area contributed by atoms with Gasteiger partial charge in [-0.15, -0.1) is 11.6 Å². The van der Waals surface area contributed by atoms with E-state index in [1.807, 2.05) is 0 Å². The summed E-state index contributed by atoms with van der Waals surface area (Å²) in [7, 11) is 0. The molecule has 3 heteroatoms. The van der Waals surface area contributed by atoms with Crippen LogP contribution < -0.4 is 0 Å². The van der Waals surface area contributed by atoms with Crippen LogP contribution in [0.3, 0.4) is 0 Å². The average molecular weight is 149 g/mol. The molecule has 0 aromatic heterocycles. The molecule has 1 saturated carbocycles. The Morgan fingerprint density at radius 2 is 2.44 bits per heavy atom. The van der Waals surface area contributed by atoms with Crippen LogP contribution in [-0.4, -0.2) is 18.0 Å². The van der Waals surface area contributed by atoms with E-state index in [1.165, 1.54) is 0 Å². The summed E-state index contributed by atoms with van der Waals surface area (Å²) >= 11 is 5.58. The van der Waals surface area contributed by atoms with Crippen LogP contribution >= 0.6 is 11.6 Å². The molecule has 1 aliphatic rings. The normalized spacial score (nSPS) is 31.8. The highest BCUT2D eigenvalue weighted by atomic mass is 35.5. The lowest BCUT2D eigenvalue weighted by Gasteiger charge is -1.96. The molecule has 1 fully saturated rings.